The molecule has 0 saturated heterocycles. The molecule has 3 aromatic heterocycles. The maximum absolute atomic E-state index is 12.2. The maximum atomic E-state index is 12.2. The van der Waals surface area contributed by atoms with Crippen molar-refractivity contribution < 1.29 is 22.7 Å². The van der Waals surface area contributed by atoms with Crippen molar-refractivity contribution in [1.82, 2.24) is 30.3 Å². The van der Waals surface area contributed by atoms with Gasteiger partial charge >= 0.3 is 6.18 Å². The number of fused-ring (bicyclic) bond motifs is 1. The molecule has 0 fully saturated rings. The van der Waals surface area contributed by atoms with Gasteiger partial charge in [-0.2, -0.15) is 18.3 Å². The van der Waals surface area contributed by atoms with E-state index in [-0.39, 0.29) is 24.0 Å². The monoisotopic (exact) mass is 380 g/mol. The van der Waals surface area contributed by atoms with Crippen molar-refractivity contribution >= 4 is 16.8 Å². The molecule has 3 rings (SSSR count). The lowest BCUT2D eigenvalue weighted by Gasteiger charge is -2.10. The fraction of sp³-hybridized carbons (Fsp3) is 0.312. The van der Waals surface area contributed by atoms with E-state index in [2.05, 4.69) is 30.3 Å². The summed E-state index contributed by atoms with van der Waals surface area (Å²) in [4.78, 5) is 15.9. The third kappa shape index (κ3) is 4.30. The Labute approximate surface area is 151 Å². The number of pyridine rings is 1. The summed E-state index contributed by atoms with van der Waals surface area (Å²) in [5.41, 5.74) is 1.74. The van der Waals surface area contributed by atoms with Gasteiger partial charge in [-0.1, -0.05) is 0 Å². The zero-order valence-corrected chi connectivity index (χ0v) is 14.4. The van der Waals surface area contributed by atoms with Crippen LogP contribution in [-0.4, -0.2) is 50.7 Å². The van der Waals surface area contributed by atoms with Crippen molar-refractivity contribution in [3.8, 4) is 5.88 Å². The molecule has 0 atom stereocenters. The van der Waals surface area contributed by atoms with Gasteiger partial charge in [-0.15, -0.1) is 10.2 Å². The Bertz CT molecular complexity index is 986. The van der Waals surface area contributed by atoms with Gasteiger partial charge < -0.3 is 10.1 Å². The maximum Gasteiger partial charge on any atom is 0.422 e. The number of aryl methyl sites for hydroxylation is 1. The normalized spacial score (nSPS) is 11.6. The quantitative estimate of drug-likeness (QED) is 0.726. The molecule has 3 aromatic rings. The van der Waals surface area contributed by atoms with E-state index in [0.717, 1.165) is 0 Å². The van der Waals surface area contributed by atoms with Gasteiger partial charge in [0.25, 0.3) is 5.91 Å². The second-order valence-electron chi connectivity index (χ2n) is 5.73. The molecule has 0 saturated carbocycles. The number of alkyl halides is 3. The van der Waals surface area contributed by atoms with Gasteiger partial charge in [0.15, 0.2) is 6.61 Å². The summed E-state index contributed by atoms with van der Waals surface area (Å²) in [5, 5.41) is 15.0. The average Bonchev–Trinajstić information content (AvgIpc) is 3.01. The number of nitrogens with zero attached hydrogens (tertiary/aromatic N) is 5. The summed E-state index contributed by atoms with van der Waals surface area (Å²) >= 11 is 0. The molecule has 0 spiro atoms. The number of ether oxygens (including phenoxy) is 1. The van der Waals surface area contributed by atoms with Crippen LogP contribution >= 0.6 is 0 Å². The number of carbonyl (C=O) groups excluding carboxylic acids is 1. The number of hydrogen-bond donors (Lipinski definition) is 1. The summed E-state index contributed by atoms with van der Waals surface area (Å²) in [7, 11) is 1.51. The summed E-state index contributed by atoms with van der Waals surface area (Å²) in [5.74, 6) is -0.505. The summed E-state index contributed by atoms with van der Waals surface area (Å²) < 4.78 is 42.9. The number of amides is 1. The highest BCUT2D eigenvalue weighted by atomic mass is 19.4. The molecule has 3 heterocycles. The molecule has 27 heavy (non-hydrogen) atoms. The van der Waals surface area contributed by atoms with Gasteiger partial charge in [-0.25, -0.2) is 0 Å². The third-order valence-corrected chi connectivity index (χ3v) is 3.61. The number of hydrogen-bond acceptors (Lipinski definition) is 6. The highest BCUT2D eigenvalue weighted by molar-refractivity contribution is 6.03. The zero-order chi connectivity index (χ0) is 19.6. The van der Waals surface area contributed by atoms with Crippen LogP contribution in [-0.2, 0) is 6.54 Å². The minimum Gasteiger partial charge on any atom is -0.467 e. The minimum atomic E-state index is -4.45. The molecule has 11 heteroatoms. The first-order valence-corrected chi connectivity index (χ1v) is 7.84. The van der Waals surface area contributed by atoms with Gasteiger partial charge in [0, 0.05) is 25.0 Å². The smallest absolute Gasteiger partial charge is 0.422 e. The van der Waals surface area contributed by atoms with Gasteiger partial charge in [0.1, 0.15) is 5.69 Å². The fourth-order valence-electron chi connectivity index (χ4n) is 2.44. The lowest BCUT2D eigenvalue weighted by molar-refractivity contribution is -0.154. The van der Waals surface area contributed by atoms with Crippen molar-refractivity contribution in [3.05, 3.63) is 41.5 Å². The third-order valence-electron chi connectivity index (χ3n) is 3.61. The van der Waals surface area contributed by atoms with E-state index in [1.807, 2.05) is 0 Å². The number of rotatable bonds is 5. The Balaban J connectivity index is 1.81. The topological polar surface area (TPSA) is 94.8 Å². The Morgan fingerprint density at radius 1 is 1.33 bits per heavy atom. The molecule has 0 aliphatic rings. The van der Waals surface area contributed by atoms with Crippen molar-refractivity contribution in [2.45, 2.75) is 19.6 Å². The molecule has 1 amide bonds. The molecule has 142 valence electrons. The highest BCUT2D eigenvalue weighted by Crippen LogP contribution is 2.20. The van der Waals surface area contributed by atoms with Crippen molar-refractivity contribution in [2.24, 2.45) is 0 Å². The van der Waals surface area contributed by atoms with Crippen LogP contribution in [0.1, 0.15) is 21.7 Å². The first-order chi connectivity index (χ1) is 12.8. The SMILES string of the molecule is CNC(=O)c1nccc2nn(Cc3cc(C)c(OCC(F)(F)F)nn3)cc12. The van der Waals surface area contributed by atoms with E-state index in [1.165, 1.54) is 13.2 Å². The Morgan fingerprint density at radius 2 is 2.11 bits per heavy atom. The number of aromatic nitrogens is 5. The molecule has 0 unspecified atom stereocenters. The first-order valence-electron chi connectivity index (χ1n) is 7.84. The molecule has 8 nitrogen and oxygen atoms in total. The second-order valence-corrected chi connectivity index (χ2v) is 5.73. The second kappa shape index (κ2) is 7.17. The van der Waals surface area contributed by atoms with Gasteiger partial charge in [-0.05, 0) is 19.1 Å². The van der Waals surface area contributed by atoms with Crippen molar-refractivity contribution in [1.29, 1.82) is 0 Å². The van der Waals surface area contributed by atoms with Crippen LogP contribution in [0.4, 0.5) is 13.2 Å². The van der Waals surface area contributed by atoms with E-state index in [4.69, 9.17) is 0 Å². The minimum absolute atomic E-state index is 0.173. The predicted molar refractivity (Wildman–Crippen MR) is 88.3 cm³/mol. The lowest BCUT2D eigenvalue weighted by Crippen LogP contribution is -2.20. The summed E-state index contributed by atoms with van der Waals surface area (Å²) in [6, 6.07) is 3.24. The Kier molecular flexibility index (Phi) is 4.93. The highest BCUT2D eigenvalue weighted by Gasteiger charge is 2.29. The Hall–Kier alpha value is -3.24. The average molecular weight is 380 g/mol. The summed E-state index contributed by atoms with van der Waals surface area (Å²) in [6.45, 7) is 0.369. The standard InChI is InChI=1S/C16H15F3N6O2/c1-9-5-10(22-23-15(9)27-8-16(17,18)19)6-25-7-11-12(24-25)3-4-21-13(11)14(26)20-2/h3-5,7H,6,8H2,1-2H3,(H,20,26). The zero-order valence-electron chi connectivity index (χ0n) is 14.4. The van der Waals surface area contributed by atoms with Crippen LogP contribution in [0.3, 0.4) is 0 Å². The molecule has 0 bridgehead atoms. The number of carbonyl (C=O) groups is 1. The fourth-order valence-corrected chi connectivity index (χ4v) is 2.44. The van der Waals surface area contributed by atoms with Crippen LogP contribution in [0.25, 0.3) is 10.9 Å². The molecular formula is C16H15F3N6O2. The molecule has 0 radical (unpaired) electrons. The van der Waals surface area contributed by atoms with Crippen LogP contribution in [0.2, 0.25) is 0 Å². The van der Waals surface area contributed by atoms with E-state index in [9.17, 15) is 18.0 Å². The van der Waals surface area contributed by atoms with Crippen LogP contribution < -0.4 is 10.1 Å². The van der Waals surface area contributed by atoms with Crippen LogP contribution in [0.15, 0.2) is 24.5 Å². The van der Waals surface area contributed by atoms with Gasteiger partial charge in [0.2, 0.25) is 5.88 Å². The molecule has 0 aliphatic heterocycles. The van der Waals surface area contributed by atoms with Gasteiger partial charge in [0.05, 0.1) is 23.1 Å². The molecule has 0 aliphatic carbocycles. The van der Waals surface area contributed by atoms with Crippen molar-refractivity contribution in [3.63, 3.8) is 0 Å². The number of halogens is 3. The van der Waals surface area contributed by atoms with Gasteiger partial charge in [-0.3, -0.25) is 14.5 Å². The molecule has 0 aromatic carbocycles. The first kappa shape index (κ1) is 18.5. The lowest BCUT2D eigenvalue weighted by atomic mass is 10.2. The molecule has 1 N–H and O–H groups in total. The van der Waals surface area contributed by atoms with Crippen molar-refractivity contribution in [2.75, 3.05) is 13.7 Å². The van der Waals surface area contributed by atoms with E-state index in [0.29, 0.717) is 22.2 Å². The van der Waals surface area contributed by atoms with E-state index in [1.54, 1.807) is 29.9 Å². The number of nitrogens with one attached hydrogen (secondary N) is 1. The Morgan fingerprint density at radius 3 is 2.78 bits per heavy atom. The van der Waals surface area contributed by atoms with E-state index < -0.39 is 12.8 Å². The van der Waals surface area contributed by atoms with Crippen LogP contribution in [0.5, 0.6) is 5.88 Å². The van der Waals surface area contributed by atoms with E-state index >= 15 is 0 Å². The predicted octanol–water partition coefficient (Wildman–Crippen LogP) is 1.88. The van der Waals surface area contributed by atoms with Crippen LogP contribution in [0, 0.1) is 6.92 Å². The largest absolute Gasteiger partial charge is 0.467 e. The summed E-state index contributed by atoms with van der Waals surface area (Å²) in [6.07, 6.45) is -1.31. The molecular weight excluding hydrogens is 365 g/mol.